The number of aromatic nitrogens is 2. The number of hydrogen-bond acceptors (Lipinski definition) is 2. The predicted molar refractivity (Wildman–Crippen MR) is 91.0 cm³/mol. The maximum atomic E-state index is 6.49. The van der Waals surface area contributed by atoms with Crippen LogP contribution < -0.4 is 0 Å². The van der Waals surface area contributed by atoms with Gasteiger partial charge in [-0.25, -0.2) is 0 Å². The first-order valence-electron chi connectivity index (χ1n) is 8.32. The minimum atomic E-state index is 0.179. The number of rotatable bonds is 4. The number of halogens is 1. The van der Waals surface area contributed by atoms with Gasteiger partial charge in [-0.1, -0.05) is 0 Å². The van der Waals surface area contributed by atoms with Crippen molar-refractivity contribution >= 4 is 22.6 Å². The molecule has 4 aliphatic rings. The van der Waals surface area contributed by atoms with Gasteiger partial charge in [0.25, 0.3) is 0 Å². The van der Waals surface area contributed by atoms with Gasteiger partial charge in [0.15, 0.2) is 0 Å². The Labute approximate surface area is 141 Å². The fourth-order valence-corrected chi connectivity index (χ4v) is 6.40. The Morgan fingerprint density at radius 1 is 1.33 bits per heavy atom. The van der Waals surface area contributed by atoms with Crippen molar-refractivity contribution in [3.63, 3.8) is 0 Å². The van der Waals surface area contributed by atoms with Crippen molar-refractivity contribution in [3.8, 4) is 0 Å². The maximum absolute atomic E-state index is 6.49. The molecular formula is C17H25IN2O. The molecule has 0 radical (unpaired) electrons. The topological polar surface area (TPSA) is 27.1 Å². The van der Waals surface area contributed by atoms with Gasteiger partial charge in [0.1, 0.15) is 0 Å². The SMILES string of the molecule is CC(C)OC12CC3CC(CC(Cn4cc(I)cn4)(C3)C1)C2. The van der Waals surface area contributed by atoms with Crippen molar-refractivity contribution in [1.29, 1.82) is 0 Å². The molecule has 4 bridgehead atoms. The van der Waals surface area contributed by atoms with Crippen LogP contribution in [0, 0.1) is 20.8 Å². The van der Waals surface area contributed by atoms with Gasteiger partial charge in [-0.2, -0.15) is 5.10 Å². The second kappa shape index (κ2) is 4.95. The second-order valence-electron chi connectivity index (χ2n) is 8.17. The quantitative estimate of drug-likeness (QED) is 0.707. The molecule has 1 aromatic rings. The van der Waals surface area contributed by atoms with Gasteiger partial charge >= 0.3 is 0 Å². The molecule has 0 saturated heterocycles. The van der Waals surface area contributed by atoms with Crippen molar-refractivity contribution in [2.75, 3.05) is 0 Å². The van der Waals surface area contributed by atoms with Gasteiger partial charge < -0.3 is 4.74 Å². The Morgan fingerprint density at radius 3 is 2.62 bits per heavy atom. The summed E-state index contributed by atoms with van der Waals surface area (Å²) in [5.41, 5.74) is 0.618. The average molecular weight is 400 g/mol. The average Bonchev–Trinajstić information content (AvgIpc) is 2.69. The van der Waals surface area contributed by atoms with Gasteiger partial charge in [0.05, 0.1) is 21.5 Å². The molecule has 4 saturated carbocycles. The highest BCUT2D eigenvalue weighted by Gasteiger charge is 2.58. The summed E-state index contributed by atoms with van der Waals surface area (Å²) >= 11 is 2.35. The van der Waals surface area contributed by atoms with Crippen LogP contribution in [0.3, 0.4) is 0 Å². The summed E-state index contributed by atoms with van der Waals surface area (Å²) in [5, 5.41) is 4.54. The van der Waals surface area contributed by atoms with Gasteiger partial charge in [-0.3, -0.25) is 4.68 Å². The molecule has 3 nitrogen and oxygen atoms in total. The normalized spacial score (nSPS) is 41.1. The predicted octanol–water partition coefficient (Wildman–Crippen LogP) is 4.25. The van der Waals surface area contributed by atoms with Crippen molar-refractivity contribution in [2.45, 2.75) is 70.6 Å². The Balaban J connectivity index is 1.60. The molecule has 116 valence electrons. The highest BCUT2D eigenvalue weighted by atomic mass is 127. The zero-order valence-corrected chi connectivity index (χ0v) is 15.2. The second-order valence-corrected chi connectivity index (χ2v) is 9.41. The van der Waals surface area contributed by atoms with E-state index >= 15 is 0 Å². The fourth-order valence-electron chi connectivity index (χ4n) is 5.96. The van der Waals surface area contributed by atoms with Crippen molar-refractivity contribution < 1.29 is 4.74 Å². The highest BCUT2D eigenvalue weighted by Crippen LogP contribution is 2.63. The number of ether oxygens (including phenoxy) is 1. The zero-order valence-electron chi connectivity index (χ0n) is 13.0. The summed E-state index contributed by atoms with van der Waals surface area (Å²) in [5.74, 6) is 1.78. The van der Waals surface area contributed by atoms with E-state index < -0.39 is 0 Å². The van der Waals surface area contributed by atoms with Crippen LogP contribution in [-0.2, 0) is 11.3 Å². The Morgan fingerprint density at radius 2 is 2.05 bits per heavy atom. The molecule has 0 aromatic carbocycles. The molecular weight excluding hydrogens is 375 g/mol. The third kappa shape index (κ3) is 2.67. The van der Waals surface area contributed by atoms with E-state index in [4.69, 9.17) is 4.74 Å². The molecule has 0 N–H and O–H groups in total. The molecule has 0 amide bonds. The largest absolute Gasteiger partial charge is 0.372 e. The van der Waals surface area contributed by atoms with Crippen molar-refractivity contribution in [3.05, 3.63) is 16.0 Å². The lowest BCUT2D eigenvalue weighted by atomic mass is 9.48. The molecule has 2 atom stereocenters. The van der Waals surface area contributed by atoms with Crippen LogP contribution in [0.1, 0.15) is 52.4 Å². The van der Waals surface area contributed by atoms with Gasteiger partial charge in [0.2, 0.25) is 0 Å². The molecule has 2 unspecified atom stereocenters. The van der Waals surface area contributed by atoms with Crippen LogP contribution in [0.5, 0.6) is 0 Å². The van der Waals surface area contributed by atoms with Crippen LogP contribution in [0.2, 0.25) is 0 Å². The van der Waals surface area contributed by atoms with Crippen LogP contribution in [0.15, 0.2) is 12.4 Å². The van der Waals surface area contributed by atoms with E-state index in [1.54, 1.807) is 0 Å². The summed E-state index contributed by atoms with van der Waals surface area (Å²) < 4.78 is 9.91. The van der Waals surface area contributed by atoms with Gasteiger partial charge in [-0.15, -0.1) is 0 Å². The Bertz CT molecular complexity index is 519. The van der Waals surface area contributed by atoms with E-state index in [0.29, 0.717) is 11.5 Å². The molecule has 4 heteroatoms. The van der Waals surface area contributed by atoms with Crippen molar-refractivity contribution in [2.24, 2.45) is 17.3 Å². The van der Waals surface area contributed by atoms with E-state index in [0.717, 1.165) is 18.4 Å². The number of nitrogens with zero attached hydrogens (tertiary/aromatic N) is 2. The van der Waals surface area contributed by atoms with E-state index in [1.165, 1.54) is 42.1 Å². The highest BCUT2D eigenvalue weighted by molar-refractivity contribution is 14.1. The lowest BCUT2D eigenvalue weighted by Gasteiger charge is -2.62. The van der Waals surface area contributed by atoms with Crippen LogP contribution >= 0.6 is 22.6 Å². The van der Waals surface area contributed by atoms with E-state index in [9.17, 15) is 0 Å². The molecule has 1 heterocycles. The summed E-state index contributed by atoms with van der Waals surface area (Å²) in [6.07, 6.45) is 12.6. The monoisotopic (exact) mass is 400 g/mol. The van der Waals surface area contributed by atoms with E-state index in [2.05, 4.69) is 52.4 Å². The zero-order chi connectivity index (χ0) is 14.7. The van der Waals surface area contributed by atoms with Crippen molar-refractivity contribution in [1.82, 2.24) is 9.78 Å². The minimum Gasteiger partial charge on any atom is -0.372 e. The minimum absolute atomic E-state index is 0.179. The fraction of sp³-hybridized carbons (Fsp3) is 0.824. The first kappa shape index (κ1) is 14.5. The maximum Gasteiger partial charge on any atom is 0.0697 e. The van der Waals surface area contributed by atoms with Gasteiger partial charge in [-0.05, 0) is 92.2 Å². The molecule has 4 fully saturated rings. The molecule has 21 heavy (non-hydrogen) atoms. The molecule has 5 rings (SSSR count). The first-order chi connectivity index (χ1) is 9.96. The van der Waals surface area contributed by atoms with Crippen LogP contribution in [0.4, 0.5) is 0 Å². The summed E-state index contributed by atoms with van der Waals surface area (Å²) in [7, 11) is 0. The van der Waals surface area contributed by atoms with E-state index in [1.807, 2.05) is 6.20 Å². The van der Waals surface area contributed by atoms with E-state index in [-0.39, 0.29) is 5.60 Å². The first-order valence-corrected chi connectivity index (χ1v) is 9.40. The lowest BCUT2D eigenvalue weighted by Crippen LogP contribution is -2.58. The molecule has 1 aromatic heterocycles. The van der Waals surface area contributed by atoms with Crippen LogP contribution in [-0.4, -0.2) is 21.5 Å². The molecule has 0 spiro atoms. The lowest BCUT2D eigenvalue weighted by molar-refractivity contribution is -0.211. The molecule has 4 aliphatic carbocycles. The van der Waals surface area contributed by atoms with Crippen LogP contribution in [0.25, 0.3) is 0 Å². The summed E-state index contributed by atoms with van der Waals surface area (Å²) in [6.45, 7) is 5.48. The number of hydrogen-bond donors (Lipinski definition) is 0. The Hall–Kier alpha value is -0.100. The standard InChI is InChI=1S/C17H25IN2O/c1-12(2)21-17-6-13-3-14(7-17)5-16(4-13,10-17)11-20-9-15(18)8-19-20/h8-9,12-14H,3-7,10-11H2,1-2H3. The molecule has 0 aliphatic heterocycles. The smallest absolute Gasteiger partial charge is 0.0697 e. The third-order valence-electron chi connectivity index (χ3n) is 5.71. The Kier molecular flexibility index (Phi) is 3.41. The summed E-state index contributed by atoms with van der Waals surface area (Å²) in [6, 6.07) is 0. The summed E-state index contributed by atoms with van der Waals surface area (Å²) in [4.78, 5) is 0. The van der Waals surface area contributed by atoms with Gasteiger partial charge in [0, 0.05) is 12.7 Å². The third-order valence-corrected chi connectivity index (χ3v) is 6.27.